The van der Waals surface area contributed by atoms with E-state index in [1.54, 1.807) is 0 Å². The van der Waals surface area contributed by atoms with E-state index in [1.165, 1.54) is 5.56 Å². The van der Waals surface area contributed by atoms with Crippen LogP contribution >= 0.6 is 0 Å². The van der Waals surface area contributed by atoms with Gasteiger partial charge in [-0.25, -0.2) is 9.97 Å². The number of hydrogen-bond donors (Lipinski definition) is 2. The zero-order valence-electron chi connectivity index (χ0n) is 21.2. The number of aromatic amines is 2. The fourth-order valence-corrected chi connectivity index (χ4v) is 4.89. The summed E-state index contributed by atoms with van der Waals surface area (Å²) in [5, 5.41) is 0. The van der Waals surface area contributed by atoms with E-state index in [0.717, 1.165) is 64.3 Å². The second-order valence-electron chi connectivity index (χ2n) is 9.57. The minimum atomic E-state index is -0.0480. The number of hydrogen-bond acceptors (Lipinski definition) is 4. The molecule has 37 heavy (non-hydrogen) atoms. The lowest BCUT2D eigenvalue weighted by Gasteiger charge is -2.35. The van der Waals surface area contributed by atoms with Crippen molar-refractivity contribution in [2.75, 3.05) is 6.61 Å². The lowest BCUT2D eigenvalue weighted by Crippen LogP contribution is -2.34. The van der Waals surface area contributed by atoms with Crippen LogP contribution in [-0.4, -0.2) is 37.7 Å². The number of H-pyrrole nitrogens is 2. The number of aromatic nitrogens is 4. The fraction of sp³-hybridized carbons (Fsp3) is 0.226. The molecule has 6 rings (SSSR count). The van der Waals surface area contributed by atoms with Crippen LogP contribution in [0.1, 0.15) is 61.1 Å². The van der Waals surface area contributed by atoms with Crippen molar-refractivity contribution in [1.29, 1.82) is 0 Å². The third-order valence-electron chi connectivity index (χ3n) is 6.78. The molecule has 3 aromatic rings. The number of nitrogens with zero attached hydrogens (tertiary/aromatic N) is 3. The summed E-state index contributed by atoms with van der Waals surface area (Å²) in [6.45, 7) is 5.06. The summed E-state index contributed by atoms with van der Waals surface area (Å²) in [6, 6.07) is 14.7. The van der Waals surface area contributed by atoms with Gasteiger partial charge in [0.2, 0.25) is 0 Å². The largest absolute Gasteiger partial charge is 0.359 e. The van der Waals surface area contributed by atoms with Crippen LogP contribution in [0.5, 0.6) is 0 Å². The van der Waals surface area contributed by atoms with Crippen molar-refractivity contribution in [3.05, 3.63) is 95.2 Å². The summed E-state index contributed by atoms with van der Waals surface area (Å²) in [5.74, 6) is 0. The lowest BCUT2D eigenvalue weighted by atomic mass is 10.0. The van der Waals surface area contributed by atoms with Crippen molar-refractivity contribution in [2.24, 2.45) is 0 Å². The molecule has 0 saturated heterocycles. The second-order valence-corrected chi connectivity index (χ2v) is 9.57. The number of fused-ring (bicyclic) bond motifs is 8. The summed E-state index contributed by atoms with van der Waals surface area (Å²) < 4.78 is 6.18. The molecule has 0 aliphatic carbocycles. The predicted octanol–water partition coefficient (Wildman–Crippen LogP) is 7.24. The molecule has 3 aliphatic heterocycles. The Kier molecular flexibility index (Phi) is 6.33. The van der Waals surface area contributed by atoms with Crippen molar-refractivity contribution < 1.29 is 4.74 Å². The highest BCUT2D eigenvalue weighted by Gasteiger charge is 2.24. The van der Waals surface area contributed by atoms with Gasteiger partial charge in [-0.1, -0.05) is 25.5 Å². The average Bonchev–Trinajstić information content (AvgIpc) is 3.70. The molecule has 6 nitrogen and oxygen atoms in total. The predicted molar refractivity (Wildman–Crippen MR) is 152 cm³/mol. The molecule has 6 heteroatoms. The van der Waals surface area contributed by atoms with Gasteiger partial charge in [0, 0.05) is 40.4 Å². The maximum atomic E-state index is 6.18. The van der Waals surface area contributed by atoms with E-state index in [-0.39, 0.29) is 12.3 Å². The smallest absolute Gasteiger partial charge is 0.127 e. The Balaban J connectivity index is 1.51. The van der Waals surface area contributed by atoms with Gasteiger partial charge in [0.25, 0.3) is 0 Å². The lowest BCUT2D eigenvalue weighted by molar-refractivity contribution is -0.0366. The van der Waals surface area contributed by atoms with Crippen molar-refractivity contribution in [1.82, 2.24) is 24.8 Å². The number of allylic oxidation sites excluding steroid dienone is 2. The maximum Gasteiger partial charge on any atom is 0.127 e. The molecule has 0 spiro atoms. The second kappa shape index (κ2) is 10.1. The number of ether oxygens (including phenoxy) is 1. The van der Waals surface area contributed by atoms with Crippen molar-refractivity contribution in [3.63, 3.8) is 0 Å². The molecule has 0 amide bonds. The molecule has 3 aliphatic rings. The first-order valence-corrected chi connectivity index (χ1v) is 13.0. The van der Waals surface area contributed by atoms with Crippen LogP contribution < -0.4 is 0 Å². The van der Waals surface area contributed by atoms with Gasteiger partial charge in [-0.2, -0.15) is 0 Å². The molecule has 0 fully saturated rings. The molecule has 0 saturated carbocycles. The van der Waals surface area contributed by atoms with E-state index in [2.05, 4.69) is 102 Å². The van der Waals surface area contributed by atoms with Gasteiger partial charge in [-0.15, -0.1) is 0 Å². The highest BCUT2D eigenvalue weighted by molar-refractivity contribution is 5.78. The standard InChI is InChI=1S/C31H31N5O/c1-3-4-15-37-21(2)36-14-6-5-7-31(36)29-19-28-18-26-11-10-24(33-26)16-22-8-9-23(32-22)17-25-12-13-27(34-25)20-30(29)35-28/h5-14,16-21,31-32,35H,3-4,15H2,1-2H3. The molecule has 6 heterocycles. The minimum Gasteiger partial charge on any atom is -0.359 e. The van der Waals surface area contributed by atoms with Gasteiger partial charge < -0.3 is 19.6 Å². The Morgan fingerprint density at radius 2 is 1.49 bits per heavy atom. The van der Waals surface area contributed by atoms with E-state index in [9.17, 15) is 0 Å². The van der Waals surface area contributed by atoms with Crippen LogP contribution in [0, 0.1) is 0 Å². The molecule has 0 aromatic carbocycles. The Hall–Kier alpha value is -4.16. The monoisotopic (exact) mass is 489 g/mol. The first-order chi connectivity index (χ1) is 18.1. The molecule has 2 unspecified atom stereocenters. The van der Waals surface area contributed by atoms with Crippen molar-refractivity contribution in [2.45, 2.75) is 39.0 Å². The summed E-state index contributed by atoms with van der Waals surface area (Å²) in [7, 11) is 0. The maximum absolute atomic E-state index is 6.18. The van der Waals surface area contributed by atoms with E-state index < -0.39 is 0 Å². The van der Waals surface area contributed by atoms with Crippen LogP contribution in [0.15, 0.2) is 66.9 Å². The normalized spacial score (nSPS) is 17.0. The first kappa shape index (κ1) is 23.3. The molecule has 8 bridgehead atoms. The highest BCUT2D eigenvalue weighted by atomic mass is 16.5. The fourth-order valence-electron chi connectivity index (χ4n) is 4.89. The third kappa shape index (κ3) is 5.06. The summed E-state index contributed by atoms with van der Waals surface area (Å²) >= 11 is 0. The van der Waals surface area contributed by atoms with Crippen LogP contribution in [-0.2, 0) is 4.74 Å². The molecular weight excluding hydrogens is 458 g/mol. The van der Waals surface area contributed by atoms with Crippen LogP contribution in [0.25, 0.3) is 46.4 Å². The Bertz CT molecular complexity index is 1590. The van der Waals surface area contributed by atoms with Gasteiger partial charge in [-0.05, 0) is 86.2 Å². The minimum absolute atomic E-state index is 0.0305. The van der Waals surface area contributed by atoms with E-state index >= 15 is 0 Å². The van der Waals surface area contributed by atoms with Gasteiger partial charge >= 0.3 is 0 Å². The van der Waals surface area contributed by atoms with Crippen molar-refractivity contribution >= 4 is 46.4 Å². The van der Waals surface area contributed by atoms with E-state index in [0.29, 0.717) is 0 Å². The zero-order chi connectivity index (χ0) is 25.2. The highest BCUT2D eigenvalue weighted by Crippen LogP contribution is 2.32. The van der Waals surface area contributed by atoms with Crippen LogP contribution in [0.4, 0.5) is 0 Å². The van der Waals surface area contributed by atoms with Crippen LogP contribution in [0.3, 0.4) is 0 Å². The topological polar surface area (TPSA) is 69.8 Å². The molecule has 3 aromatic heterocycles. The zero-order valence-corrected chi connectivity index (χ0v) is 21.2. The van der Waals surface area contributed by atoms with Gasteiger partial charge in [0.15, 0.2) is 0 Å². The summed E-state index contributed by atoms with van der Waals surface area (Å²) in [6.07, 6.45) is 18.8. The summed E-state index contributed by atoms with van der Waals surface area (Å²) in [5.41, 5.74) is 8.88. The number of nitrogens with one attached hydrogen (secondary N) is 2. The first-order valence-electron chi connectivity index (χ1n) is 13.0. The van der Waals surface area contributed by atoms with Gasteiger partial charge in [0.05, 0.1) is 28.8 Å². The third-order valence-corrected chi connectivity index (χ3v) is 6.78. The Morgan fingerprint density at radius 3 is 2.16 bits per heavy atom. The Morgan fingerprint density at radius 1 is 0.838 bits per heavy atom. The van der Waals surface area contributed by atoms with Gasteiger partial charge in [-0.3, -0.25) is 0 Å². The number of unbranched alkanes of at least 4 members (excludes halogenated alkanes) is 1. The Labute approximate surface area is 216 Å². The van der Waals surface area contributed by atoms with Gasteiger partial charge in [0.1, 0.15) is 6.23 Å². The van der Waals surface area contributed by atoms with Crippen molar-refractivity contribution in [3.8, 4) is 0 Å². The van der Waals surface area contributed by atoms with E-state index in [1.807, 2.05) is 18.2 Å². The van der Waals surface area contributed by atoms with Crippen LogP contribution in [0.2, 0.25) is 0 Å². The molecule has 2 atom stereocenters. The molecule has 2 N–H and O–H groups in total. The SMILES string of the molecule is CCCCOC(C)N1C=CC=CC1c1cc2cc3nc(cc4ccc(cc5nc(cc1[nH]2)C=C5)[nH]4)C=C3. The quantitative estimate of drug-likeness (QED) is 0.247. The average molecular weight is 490 g/mol. The summed E-state index contributed by atoms with van der Waals surface area (Å²) in [4.78, 5) is 19.0. The molecule has 186 valence electrons. The molecule has 0 radical (unpaired) electrons. The van der Waals surface area contributed by atoms with E-state index in [4.69, 9.17) is 14.7 Å². The molecular formula is C31H31N5O. The number of rotatable bonds is 6.